The molecule has 5 atom stereocenters. The highest BCUT2D eigenvalue weighted by Crippen LogP contribution is 2.44. The van der Waals surface area contributed by atoms with Crippen LogP contribution in [0.4, 0.5) is 0 Å². The van der Waals surface area contributed by atoms with Gasteiger partial charge in [0.2, 0.25) is 0 Å². The van der Waals surface area contributed by atoms with Gasteiger partial charge >= 0.3 is 0 Å². The van der Waals surface area contributed by atoms with Gasteiger partial charge in [0.1, 0.15) is 0 Å². The molecule has 2 saturated carbocycles. The van der Waals surface area contributed by atoms with Gasteiger partial charge in [0.15, 0.2) is 0 Å². The van der Waals surface area contributed by atoms with E-state index < -0.39 is 0 Å². The summed E-state index contributed by atoms with van der Waals surface area (Å²) in [6.07, 6.45) is 16.3. The van der Waals surface area contributed by atoms with Crippen LogP contribution in [0.3, 0.4) is 0 Å². The average Bonchev–Trinajstić information content (AvgIpc) is 3.01. The average molecular weight is 279 g/mol. The highest BCUT2D eigenvalue weighted by molar-refractivity contribution is 4.88. The quantitative estimate of drug-likeness (QED) is 0.816. The van der Waals surface area contributed by atoms with Crippen molar-refractivity contribution in [2.45, 2.75) is 82.8 Å². The van der Waals surface area contributed by atoms with Crippen molar-refractivity contribution in [3.63, 3.8) is 0 Å². The molecule has 1 aliphatic heterocycles. The Kier molecular flexibility index (Phi) is 5.39. The normalized spacial score (nSPS) is 39.5. The van der Waals surface area contributed by atoms with Crippen molar-refractivity contribution in [3.05, 3.63) is 0 Å². The van der Waals surface area contributed by atoms with Crippen LogP contribution in [0, 0.1) is 17.8 Å². The molecule has 0 aromatic rings. The van der Waals surface area contributed by atoms with E-state index in [-0.39, 0.29) is 0 Å². The lowest BCUT2D eigenvalue weighted by atomic mass is 9.65. The smallest absolute Gasteiger partial charge is 0.0576 e. The van der Waals surface area contributed by atoms with Crippen molar-refractivity contribution < 1.29 is 4.74 Å². The number of ether oxygens (including phenoxy) is 1. The first-order chi connectivity index (χ1) is 9.86. The van der Waals surface area contributed by atoms with E-state index in [4.69, 9.17) is 4.74 Å². The fourth-order valence-electron chi connectivity index (χ4n) is 5.13. The van der Waals surface area contributed by atoms with Crippen molar-refractivity contribution in [3.8, 4) is 0 Å². The first-order valence-corrected chi connectivity index (χ1v) is 9.15. The van der Waals surface area contributed by atoms with E-state index in [1.165, 1.54) is 70.6 Å². The molecule has 0 aromatic carbocycles. The Morgan fingerprint density at radius 2 is 1.85 bits per heavy atom. The predicted molar refractivity (Wildman–Crippen MR) is 83.8 cm³/mol. The molecule has 0 spiro atoms. The van der Waals surface area contributed by atoms with Crippen LogP contribution in [-0.4, -0.2) is 25.8 Å². The number of nitrogens with one attached hydrogen (secondary N) is 1. The monoisotopic (exact) mass is 279 g/mol. The highest BCUT2D eigenvalue weighted by atomic mass is 16.5. The van der Waals surface area contributed by atoms with Crippen LogP contribution in [0.1, 0.15) is 70.6 Å². The van der Waals surface area contributed by atoms with Crippen molar-refractivity contribution >= 4 is 0 Å². The Morgan fingerprint density at radius 3 is 2.60 bits per heavy atom. The second-order valence-corrected chi connectivity index (χ2v) is 7.49. The van der Waals surface area contributed by atoms with E-state index in [2.05, 4.69) is 12.4 Å². The molecule has 1 saturated heterocycles. The molecule has 0 aromatic heterocycles. The third-order valence-corrected chi connectivity index (χ3v) is 6.34. The van der Waals surface area contributed by atoms with Gasteiger partial charge in [-0.1, -0.05) is 25.7 Å². The van der Waals surface area contributed by atoms with Gasteiger partial charge in [0, 0.05) is 12.6 Å². The molecule has 3 aliphatic rings. The summed E-state index contributed by atoms with van der Waals surface area (Å²) in [6, 6.07) is 0.738. The summed E-state index contributed by atoms with van der Waals surface area (Å²) < 4.78 is 5.79. The Balaban J connectivity index is 1.47. The zero-order chi connectivity index (χ0) is 13.8. The minimum atomic E-state index is 0.567. The zero-order valence-corrected chi connectivity index (χ0v) is 13.3. The fraction of sp³-hybridized carbons (Fsp3) is 1.00. The predicted octanol–water partition coefficient (Wildman–Crippen LogP) is 4.14. The molecule has 0 bridgehead atoms. The van der Waals surface area contributed by atoms with Crippen LogP contribution in [0.25, 0.3) is 0 Å². The number of hydrogen-bond donors (Lipinski definition) is 1. The van der Waals surface area contributed by atoms with Crippen molar-refractivity contribution in [2.24, 2.45) is 17.8 Å². The van der Waals surface area contributed by atoms with Gasteiger partial charge in [0.25, 0.3) is 0 Å². The maximum atomic E-state index is 5.79. The second-order valence-electron chi connectivity index (χ2n) is 7.49. The lowest BCUT2D eigenvalue weighted by molar-refractivity contribution is 0.0837. The van der Waals surface area contributed by atoms with E-state index in [1.807, 2.05) is 0 Å². The van der Waals surface area contributed by atoms with Crippen LogP contribution in [0.15, 0.2) is 0 Å². The molecule has 3 fully saturated rings. The lowest BCUT2D eigenvalue weighted by Gasteiger charge is -2.42. The van der Waals surface area contributed by atoms with E-state index >= 15 is 0 Å². The molecule has 0 radical (unpaired) electrons. The number of rotatable bonds is 5. The fourth-order valence-corrected chi connectivity index (χ4v) is 5.13. The first kappa shape index (κ1) is 14.8. The number of fused-ring (bicyclic) bond motifs is 1. The third kappa shape index (κ3) is 3.57. The largest absolute Gasteiger partial charge is 0.378 e. The van der Waals surface area contributed by atoms with Gasteiger partial charge in [-0.15, -0.1) is 0 Å². The summed E-state index contributed by atoms with van der Waals surface area (Å²) in [5, 5.41) is 3.64. The van der Waals surface area contributed by atoms with Gasteiger partial charge in [-0.3, -0.25) is 0 Å². The van der Waals surface area contributed by atoms with Crippen LogP contribution in [0.2, 0.25) is 0 Å². The molecular weight excluding hydrogens is 246 g/mol. The highest BCUT2D eigenvalue weighted by Gasteiger charge is 2.35. The molecule has 1 N–H and O–H groups in total. The summed E-state index contributed by atoms with van der Waals surface area (Å²) in [5.41, 5.74) is 0. The molecule has 3 rings (SSSR count). The molecule has 116 valence electrons. The van der Waals surface area contributed by atoms with Crippen molar-refractivity contribution in [2.75, 3.05) is 13.7 Å². The SMILES string of the molecule is CNC(CCC1CCCO1)C1CCC2CCCCC2C1. The minimum Gasteiger partial charge on any atom is -0.378 e. The Labute approximate surface area is 125 Å². The number of hydrogen-bond acceptors (Lipinski definition) is 2. The van der Waals surface area contributed by atoms with Crippen LogP contribution in [0.5, 0.6) is 0 Å². The van der Waals surface area contributed by atoms with Crippen molar-refractivity contribution in [1.29, 1.82) is 0 Å². The molecule has 5 unspecified atom stereocenters. The summed E-state index contributed by atoms with van der Waals surface area (Å²) in [4.78, 5) is 0. The molecule has 2 nitrogen and oxygen atoms in total. The third-order valence-electron chi connectivity index (χ3n) is 6.34. The summed E-state index contributed by atoms with van der Waals surface area (Å²) in [7, 11) is 2.17. The van der Waals surface area contributed by atoms with E-state index in [1.54, 1.807) is 0 Å². The summed E-state index contributed by atoms with van der Waals surface area (Å²) in [6.45, 7) is 1.00. The van der Waals surface area contributed by atoms with Crippen LogP contribution >= 0.6 is 0 Å². The van der Waals surface area contributed by atoms with Gasteiger partial charge < -0.3 is 10.1 Å². The zero-order valence-electron chi connectivity index (χ0n) is 13.3. The standard InChI is InChI=1S/C18H33NO/c1-19-18(11-10-17-7-4-12-20-17)16-9-8-14-5-2-3-6-15(14)13-16/h14-19H,2-13H2,1H3. The van der Waals surface area contributed by atoms with E-state index in [0.29, 0.717) is 6.10 Å². The second kappa shape index (κ2) is 7.26. The Bertz CT molecular complexity index is 287. The van der Waals surface area contributed by atoms with Gasteiger partial charge in [0.05, 0.1) is 6.10 Å². The maximum Gasteiger partial charge on any atom is 0.0576 e. The topological polar surface area (TPSA) is 21.3 Å². The molecule has 1 heterocycles. The van der Waals surface area contributed by atoms with Crippen LogP contribution in [-0.2, 0) is 4.74 Å². The Hall–Kier alpha value is -0.0800. The summed E-state index contributed by atoms with van der Waals surface area (Å²) in [5.74, 6) is 3.07. The van der Waals surface area contributed by atoms with Crippen molar-refractivity contribution in [1.82, 2.24) is 5.32 Å². The van der Waals surface area contributed by atoms with Gasteiger partial charge in [-0.2, -0.15) is 0 Å². The molecular formula is C18H33NO. The molecule has 2 heteroatoms. The molecule has 20 heavy (non-hydrogen) atoms. The van der Waals surface area contributed by atoms with Gasteiger partial charge in [-0.25, -0.2) is 0 Å². The van der Waals surface area contributed by atoms with Crippen LogP contribution < -0.4 is 5.32 Å². The molecule has 2 aliphatic carbocycles. The lowest BCUT2D eigenvalue weighted by Crippen LogP contribution is -2.39. The van der Waals surface area contributed by atoms with E-state index in [9.17, 15) is 0 Å². The van der Waals surface area contributed by atoms with E-state index in [0.717, 1.165) is 30.4 Å². The summed E-state index contributed by atoms with van der Waals surface area (Å²) >= 11 is 0. The van der Waals surface area contributed by atoms with Gasteiger partial charge in [-0.05, 0) is 69.7 Å². The first-order valence-electron chi connectivity index (χ1n) is 9.15. The minimum absolute atomic E-state index is 0.567. The Morgan fingerprint density at radius 1 is 1.00 bits per heavy atom. The molecule has 0 amide bonds. The maximum absolute atomic E-state index is 5.79.